The minimum absolute atomic E-state index is 0.746. The third-order valence-corrected chi connectivity index (χ3v) is 7.69. The van der Waals surface area contributed by atoms with E-state index in [1.165, 1.54) is 0 Å². The van der Waals surface area contributed by atoms with Crippen LogP contribution >= 0.6 is 29.7 Å². The Bertz CT molecular complexity index is 804. The van der Waals surface area contributed by atoms with Crippen LogP contribution in [0.3, 0.4) is 0 Å². The number of methoxy groups -OCH3 is 1. The highest BCUT2D eigenvalue weighted by Gasteiger charge is 2.30. The zero-order valence-corrected chi connectivity index (χ0v) is 15.7. The number of halogens is 1. The van der Waals surface area contributed by atoms with E-state index in [1.807, 2.05) is 78.9 Å². The topological polar surface area (TPSA) is 26.3 Å². The summed E-state index contributed by atoms with van der Waals surface area (Å²) in [6.45, 7) is 0. The second kappa shape index (κ2) is 6.90. The number of benzene rings is 3. The fourth-order valence-corrected chi connectivity index (χ4v) is 5.79. The number of hydrogen-bond acceptors (Lipinski definition) is 2. The van der Waals surface area contributed by atoms with Gasteiger partial charge < -0.3 is 9.30 Å². The molecule has 23 heavy (non-hydrogen) atoms. The predicted octanol–water partition coefficient (Wildman–Crippen LogP) is 3.94. The molecule has 0 spiro atoms. The summed E-state index contributed by atoms with van der Waals surface area (Å²) in [6.07, 6.45) is 0. The molecule has 3 aromatic carbocycles. The lowest BCUT2D eigenvalue weighted by molar-refractivity contribution is 0.412. The number of rotatable bonds is 4. The summed E-state index contributed by atoms with van der Waals surface area (Å²) in [5.74, 6) is 0.746. The van der Waals surface area contributed by atoms with Crippen LogP contribution in [0, 0.1) is 3.57 Å². The molecule has 0 saturated carbocycles. The molecule has 0 aliphatic carbocycles. The van der Waals surface area contributed by atoms with Crippen LogP contribution in [0.1, 0.15) is 0 Å². The van der Waals surface area contributed by atoms with E-state index < -0.39 is 7.14 Å². The molecule has 4 heteroatoms. The summed E-state index contributed by atoms with van der Waals surface area (Å²) < 4.78 is 20.6. The summed E-state index contributed by atoms with van der Waals surface area (Å²) in [5.41, 5.74) is 0. The van der Waals surface area contributed by atoms with Gasteiger partial charge in [0, 0.05) is 15.9 Å². The van der Waals surface area contributed by atoms with Crippen molar-refractivity contribution >= 4 is 45.6 Å². The summed E-state index contributed by atoms with van der Waals surface area (Å²) in [5, 5.41) is 2.44. The Labute approximate surface area is 150 Å². The normalized spacial score (nSPS) is 11.2. The van der Waals surface area contributed by atoms with E-state index in [-0.39, 0.29) is 0 Å². The van der Waals surface area contributed by atoms with E-state index in [1.54, 1.807) is 7.11 Å². The molecule has 0 aliphatic rings. The average molecular weight is 434 g/mol. The highest BCUT2D eigenvalue weighted by molar-refractivity contribution is 14.1. The van der Waals surface area contributed by atoms with Crippen molar-refractivity contribution < 1.29 is 9.30 Å². The molecule has 0 saturated heterocycles. The molecule has 2 nitrogen and oxygen atoms in total. The maximum Gasteiger partial charge on any atom is 0.171 e. The third kappa shape index (κ3) is 3.08. The van der Waals surface area contributed by atoms with Crippen LogP contribution in [0.2, 0.25) is 0 Å². The van der Waals surface area contributed by atoms with Gasteiger partial charge in [0.25, 0.3) is 0 Å². The van der Waals surface area contributed by atoms with Crippen LogP contribution in [-0.2, 0) is 4.57 Å². The maximum atomic E-state index is 14.1. The SMILES string of the molecule is COc1cc(P(=O)(c2ccccc2)c2ccccc2)ccc1I. The van der Waals surface area contributed by atoms with Gasteiger partial charge in [-0.3, -0.25) is 0 Å². The highest BCUT2D eigenvalue weighted by atomic mass is 127. The molecule has 0 heterocycles. The molecule has 3 rings (SSSR count). The van der Waals surface area contributed by atoms with Crippen LogP contribution in [0.4, 0.5) is 0 Å². The molecule has 0 atom stereocenters. The van der Waals surface area contributed by atoms with Gasteiger partial charge in [0.05, 0.1) is 10.7 Å². The summed E-state index contributed by atoms with van der Waals surface area (Å²) in [7, 11) is -1.28. The van der Waals surface area contributed by atoms with Crippen LogP contribution in [0.25, 0.3) is 0 Å². The van der Waals surface area contributed by atoms with Gasteiger partial charge in [-0.05, 0) is 40.8 Å². The molecule has 0 aromatic heterocycles. The summed E-state index contributed by atoms with van der Waals surface area (Å²) >= 11 is 2.22. The second-order valence-corrected chi connectivity index (χ2v) is 9.03. The summed E-state index contributed by atoms with van der Waals surface area (Å²) in [6, 6.07) is 25.1. The lowest BCUT2D eigenvalue weighted by atomic mass is 10.3. The first-order chi connectivity index (χ1) is 11.2. The first-order valence-electron chi connectivity index (χ1n) is 7.21. The third-order valence-electron chi connectivity index (χ3n) is 3.74. The lowest BCUT2D eigenvalue weighted by Crippen LogP contribution is -2.25. The Morgan fingerprint density at radius 1 is 0.783 bits per heavy atom. The van der Waals surface area contributed by atoms with E-state index >= 15 is 0 Å². The quantitative estimate of drug-likeness (QED) is 0.460. The molecule has 0 amide bonds. The van der Waals surface area contributed by atoms with Gasteiger partial charge in [0.1, 0.15) is 5.75 Å². The molecule has 3 aromatic rings. The van der Waals surface area contributed by atoms with E-state index in [2.05, 4.69) is 22.6 Å². The zero-order valence-electron chi connectivity index (χ0n) is 12.6. The summed E-state index contributed by atoms with van der Waals surface area (Å²) in [4.78, 5) is 0. The molecule has 0 radical (unpaired) electrons. The Balaban J connectivity index is 2.27. The monoisotopic (exact) mass is 434 g/mol. The average Bonchev–Trinajstić information content (AvgIpc) is 2.63. The van der Waals surface area contributed by atoms with Gasteiger partial charge in [-0.15, -0.1) is 0 Å². The van der Waals surface area contributed by atoms with Crippen LogP contribution in [0.15, 0.2) is 78.9 Å². The Morgan fingerprint density at radius 2 is 1.30 bits per heavy atom. The van der Waals surface area contributed by atoms with E-state index in [9.17, 15) is 4.57 Å². The van der Waals surface area contributed by atoms with Crippen molar-refractivity contribution in [2.75, 3.05) is 7.11 Å². The van der Waals surface area contributed by atoms with Crippen molar-refractivity contribution in [3.05, 3.63) is 82.4 Å². The van der Waals surface area contributed by atoms with Gasteiger partial charge in [0.2, 0.25) is 0 Å². The van der Waals surface area contributed by atoms with Gasteiger partial charge in [-0.1, -0.05) is 60.7 Å². The van der Waals surface area contributed by atoms with Crippen molar-refractivity contribution in [1.29, 1.82) is 0 Å². The fraction of sp³-hybridized carbons (Fsp3) is 0.0526. The largest absolute Gasteiger partial charge is 0.496 e. The van der Waals surface area contributed by atoms with Crippen molar-refractivity contribution in [1.82, 2.24) is 0 Å². The fourth-order valence-electron chi connectivity index (χ4n) is 2.57. The number of ether oxygens (including phenoxy) is 1. The van der Waals surface area contributed by atoms with Crippen LogP contribution < -0.4 is 20.7 Å². The molecular weight excluding hydrogens is 418 g/mol. The van der Waals surface area contributed by atoms with E-state index in [4.69, 9.17) is 4.74 Å². The van der Waals surface area contributed by atoms with Gasteiger partial charge >= 0.3 is 0 Å². The van der Waals surface area contributed by atoms with Crippen LogP contribution in [0.5, 0.6) is 5.75 Å². The second-order valence-electron chi connectivity index (χ2n) is 5.10. The minimum Gasteiger partial charge on any atom is -0.496 e. The maximum absolute atomic E-state index is 14.1. The Hall–Kier alpha value is -1.58. The molecule has 0 N–H and O–H groups in total. The predicted molar refractivity (Wildman–Crippen MR) is 105 cm³/mol. The molecular formula is C19H16IO2P. The Kier molecular flexibility index (Phi) is 4.88. The Morgan fingerprint density at radius 3 is 1.78 bits per heavy atom. The first-order valence-corrected chi connectivity index (χ1v) is 10.00. The molecule has 0 fully saturated rings. The standard InChI is InChI=1S/C19H16IO2P/c1-22-19-14-17(12-13-18(19)20)23(21,15-8-4-2-5-9-15)16-10-6-3-7-11-16/h2-14H,1H3. The van der Waals surface area contributed by atoms with E-state index in [0.717, 1.165) is 25.2 Å². The van der Waals surface area contributed by atoms with Crippen molar-refractivity contribution in [3.8, 4) is 5.75 Å². The lowest BCUT2D eigenvalue weighted by Gasteiger charge is -2.20. The van der Waals surface area contributed by atoms with Crippen molar-refractivity contribution in [2.24, 2.45) is 0 Å². The van der Waals surface area contributed by atoms with Crippen molar-refractivity contribution in [3.63, 3.8) is 0 Å². The van der Waals surface area contributed by atoms with Crippen LogP contribution in [-0.4, -0.2) is 7.11 Å². The highest BCUT2D eigenvalue weighted by Crippen LogP contribution is 2.43. The molecule has 0 unspecified atom stereocenters. The van der Waals surface area contributed by atoms with Gasteiger partial charge in [-0.2, -0.15) is 0 Å². The zero-order chi connectivity index (χ0) is 16.3. The smallest absolute Gasteiger partial charge is 0.171 e. The number of hydrogen-bond donors (Lipinski definition) is 0. The molecule has 0 bridgehead atoms. The van der Waals surface area contributed by atoms with Gasteiger partial charge in [0.15, 0.2) is 7.14 Å². The first kappa shape index (κ1) is 16.3. The van der Waals surface area contributed by atoms with Crippen molar-refractivity contribution in [2.45, 2.75) is 0 Å². The molecule has 116 valence electrons. The molecule has 0 aliphatic heterocycles. The van der Waals surface area contributed by atoms with Gasteiger partial charge in [-0.25, -0.2) is 0 Å². The minimum atomic E-state index is -2.92. The van der Waals surface area contributed by atoms with E-state index in [0.29, 0.717) is 0 Å².